The molecule has 24 heavy (non-hydrogen) atoms. The number of anilines is 1. The van der Waals surface area contributed by atoms with E-state index < -0.39 is 10.0 Å². The minimum absolute atomic E-state index is 0.217. The number of rotatable bonds is 5. The predicted molar refractivity (Wildman–Crippen MR) is 97.7 cm³/mol. The molecule has 2 aromatic rings. The molecule has 0 amide bonds. The molecule has 1 aliphatic rings. The summed E-state index contributed by atoms with van der Waals surface area (Å²) in [6.45, 7) is 0. The van der Waals surface area contributed by atoms with E-state index in [-0.39, 0.29) is 11.5 Å². The van der Waals surface area contributed by atoms with Crippen molar-refractivity contribution in [3.8, 4) is 11.1 Å². The molecule has 0 aromatic heterocycles. The number of hydrogen-bond acceptors (Lipinski definition) is 3. The summed E-state index contributed by atoms with van der Waals surface area (Å²) in [6, 6.07) is 14.7. The summed E-state index contributed by atoms with van der Waals surface area (Å²) in [5, 5.41) is 0. The second-order valence-corrected chi connectivity index (χ2v) is 7.25. The number of benzene rings is 2. The first-order valence-corrected chi connectivity index (χ1v) is 9.27. The molecular formula is C18H15BNO3S. The van der Waals surface area contributed by atoms with Gasteiger partial charge in [0.25, 0.3) is 0 Å². The predicted octanol–water partition coefficient (Wildman–Crippen LogP) is 3.02. The molecule has 2 aromatic carbocycles. The van der Waals surface area contributed by atoms with Gasteiger partial charge >= 0.3 is 0 Å². The number of carbonyl (C=O) groups is 1. The summed E-state index contributed by atoms with van der Waals surface area (Å²) < 4.78 is 25.8. The van der Waals surface area contributed by atoms with E-state index in [1.165, 1.54) is 0 Å². The molecule has 0 saturated heterocycles. The van der Waals surface area contributed by atoms with Crippen molar-refractivity contribution in [1.29, 1.82) is 0 Å². The van der Waals surface area contributed by atoms with Crippen LogP contribution in [0, 0.1) is 0 Å². The van der Waals surface area contributed by atoms with Gasteiger partial charge in [-0.05, 0) is 28.7 Å². The van der Waals surface area contributed by atoms with Crippen LogP contribution in [0.5, 0.6) is 0 Å². The van der Waals surface area contributed by atoms with E-state index in [2.05, 4.69) is 4.72 Å². The molecule has 1 N–H and O–H groups in total. The first-order valence-electron chi connectivity index (χ1n) is 7.38. The Hall–Kier alpha value is -2.60. The Labute approximate surface area is 142 Å². The Morgan fingerprint density at radius 2 is 1.79 bits per heavy atom. The third-order valence-electron chi connectivity index (χ3n) is 3.59. The zero-order valence-corrected chi connectivity index (χ0v) is 13.9. The van der Waals surface area contributed by atoms with Gasteiger partial charge in [0.1, 0.15) is 0 Å². The monoisotopic (exact) mass is 336 g/mol. The number of sulfonamides is 1. The van der Waals surface area contributed by atoms with Crippen LogP contribution < -0.4 is 4.72 Å². The molecule has 0 atom stereocenters. The summed E-state index contributed by atoms with van der Waals surface area (Å²) >= 11 is 0. The minimum atomic E-state index is -3.50. The third-order valence-corrected chi connectivity index (χ3v) is 4.18. The number of allylic oxidation sites excluding steroid dienone is 3. The van der Waals surface area contributed by atoms with Gasteiger partial charge in [0, 0.05) is 5.56 Å². The lowest BCUT2D eigenvalue weighted by Gasteiger charge is -2.13. The van der Waals surface area contributed by atoms with Gasteiger partial charge < -0.3 is 0 Å². The quantitative estimate of drug-likeness (QED) is 0.674. The number of carbonyl (C=O) groups excluding carboxylic acids is 1. The van der Waals surface area contributed by atoms with Gasteiger partial charge in [0.2, 0.25) is 10.0 Å². The topological polar surface area (TPSA) is 63.2 Å². The summed E-state index contributed by atoms with van der Waals surface area (Å²) in [6.07, 6.45) is 4.55. The molecule has 3 rings (SSSR count). The number of ketones is 1. The molecule has 1 aliphatic heterocycles. The Morgan fingerprint density at radius 3 is 2.42 bits per heavy atom. The fraction of sp³-hybridized carbons (Fsp3) is 0.0556. The SMILES string of the molecule is CS(=O)(=O)Nc1cc(-c2ccccc2)ccc1C(=O)C1=CC=C[B]1. The molecular weight excluding hydrogens is 321 g/mol. The zero-order valence-electron chi connectivity index (χ0n) is 13.1. The lowest BCUT2D eigenvalue weighted by molar-refractivity contribution is 0.104. The highest BCUT2D eigenvalue weighted by Crippen LogP contribution is 2.28. The molecule has 0 aliphatic carbocycles. The van der Waals surface area contributed by atoms with Crippen LogP contribution in [0.2, 0.25) is 0 Å². The maximum atomic E-state index is 12.6. The minimum Gasteiger partial charge on any atom is -0.290 e. The van der Waals surface area contributed by atoms with Crippen LogP contribution in [0.3, 0.4) is 0 Å². The normalized spacial score (nSPS) is 13.3. The van der Waals surface area contributed by atoms with Gasteiger partial charge in [-0.15, -0.1) is 5.98 Å². The molecule has 1 radical (unpaired) electrons. The van der Waals surface area contributed by atoms with E-state index in [1.807, 2.05) is 36.4 Å². The lowest BCUT2D eigenvalue weighted by Crippen LogP contribution is -2.15. The fourth-order valence-electron chi connectivity index (χ4n) is 2.52. The highest BCUT2D eigenvalue weighted by Gasteiger charge is 2.19. The first kappa shape index (κ1) is 16.3. The second kappa shape index (κ2) is 6.49. The fourth-order valence-corrected chi connectivity index (χ4v) is 3.09. The van der Waals surface area contributed by atoms with E-state index >= 15 is 0 Å². The van der Waals surface area contributed by atoms with Gasteiger partial charge in [-0.3, -0.25) is 9.52 Å². The Bertz CT molecular complexity index is 947. The van der Waals surface area contributed by atoms with E-state index in [9.17, 15) is 13.2 Å². The van der Waals surface area contributed by atoms with E-state index in [1.54, 1.807) is 37.5 Å². The number of nitrogens with one attached hydrogen (secondary N) is 1. The van der Waals surface area contributed by atoms with Crippen molar-refractivity contribution in [3.05, 3.63) is 77.7 Å². The zero-order chi connectivity index (χ0) is 17.2. The van der Waals surface area contributed by atoms with Gasteiger partial charge in [-0.1, -0.05) is 48.6 Å². The number of Topliss-reactive ketones (excluding diaryl/α,β-unsaturated/α-hetero) is 1. The molecule has 119 valence electrons. The van der Waals surface area contributed by atoms with Crippen LogP contribution in [0.25, 0.3) is 11.1 Å². The van der Waals surface area contributed by atoms with Gasteiger partial charge in [-0.2, -0.15) is 0 Å². The average molecular weight is 336 g/mol. The highest BCUT2D eigenvalue weighted by atomic mass is 32.2. The van der Waals surface area contributed by atoms with Gasteiger partial charge in [0.05, 0.1) is 11.9 Å². The maximum Gasteiger partial charge on any atom is 0.229 e. The second-order valence-electron chi connectivity index (χ2n) is 5.50. The van der Waals surface area contributed by atoms with Crippen molar-refractivity contribution in [1.82, 2.24) is 0 Å². The van der Waals surface area contributed by atoms with Crippen molar-refractivity contribution in [2.75, 3.05) is 11.0 Å². The van der Waals surface area contributed by atoms with E-state index in [0.717, 1.165) is 17.4 Å². The van der Waals surface area contributed by atoms with Crippen LogP contribution in [-0.4, -0.2) is 27.7 Å². The van der Waals surface area contributed by atoms with Crippen LogP contribution in [0.4, 0.5) is 5.69 Å². The van der Waals surface area contributed by atoms with Gasteiger partial charge in [-0.25, -0.2) is 8.42 Å². The van der Waals surface area contributed by atoms with Crippen LogP contribution >= 0.6 is 0 Å². The Morgan fingerprint density at radius 1 is 1.04 bits per heavy atom. The molecule has 0 fully saturated rings. The summed E-state index contributed by atoms with van der Waals surface area (Å²) in [5.74, 6) is 1.56. The molecule has 6 heteroatoms. The Kier molecular flexibility index (Phi) is 4.40. The highest BCUT2D eigenvalue weighted by molar-refractivity contribution is 7.92. The maximum absolute atomic E-state index is 12.6. The molecule has 0 saturated carbocycles. The van der Waals surface area contributed by atoms with Crippen LogP contribution in [-0.2, 0) is 10.0 Å². The number of hydrogen-bond donors (Lipinski definition) is 1. The third kappa shape index (κ3) is 3.66. The van der Waals surface area contributed by atoms with Crippen molar-refractivity contribution in [3.63, 3.8) is 0 Å². The average Bonchev–Trinajstić information content (AvgIpc) is 3.08. The van der Waals surface area contributed by atoms with Crippen LogP contribution in [0.1, 0.15) is 10.4 Å². The van der Waals surface area contributed by atoms with Crippen LogP contribution in [0.15, 0.2) is 72.1 Å². The van der Waals surface area contributed by atoms with Crippen molar-refractivity contribution < 1.29 is 13.2 Å². The summed E-state index contributed by atoms with van der Waals surface area (Å²) in [4.78, 5) is 12.6. The van der Waals surface area contributed by atoms with E-state index in [0.29, 0.717) is 11.0 Å². The smallest absolute Gasteiger partial charge is 0.229 e. The first-order chi connectivity index (χ1) is 11.4. The molecule has 0 bridgehead atoms. The molecule has 1 heterocycles. The van der Waals surface area contributed by atoms with Crippen molar-refractivity contribution in [2.24, 2.45) is 0 Å². The van der Waals surface area contributed by atoms with E-state index in [4.69, 9.17) is 0 Å². The lowest BCUT2D eigenvalue weighted by atomic mass is 9.70. The molecule has 4 nitrogen and oxygen atoms in total. The van der Waals surface area contributed by atoms with Crippen molar-refractivity contribution in [2.45, 2.75) is 0 Å². The van der Waals surface area contributed by atoms with Gasteiger partial charge in [0.15, 0.2) is 13.1 Å². The Balaban J connectivity index is 2.06. The summed E-state index contributed by atoms with van der Waals surface area (Å²) in [5.41, 5.74) is 2.91. The van der Waals surface area contributed by atoms with Crippen molar-refractivity contribution >= 4 is 28.8 Å². The standard InChI is InChI=1S/C18H15BNO3S/c1-24(22,23)20-17-12-14(13-6-3-2-4-7-13)9-10-15(17)18(21)16-8-5-11-19-16/h2-12,20H,1H3. The molecule has 0 spiro atoms. The largest absolute Gasteiger partial charge is 0.290 e. The molecule has 0 unspecified atom stereocenters. The summed E-state index contributed by atoms with van der Waals surface area (Å²) in [7, 11) is -1.80.